The third-order valence-corrected chi connectivity index (χ3v) is 2.75. The van der Waals surface area contributed by atoms with Gasteiger partial charge in [0.25, 0.3) is 0 Å². The molecule has 0 saturated heterocycles. The number of carbonyl (C=O) groups excluding carboxylic acids is 2. The summed E-state index contributed by atoms with van der Waals surface area (Å²) in [5.41, 5.74) is 1.54. The second kappa shape index (κ2) is 7.04. The quantitative estimate of drug-likeness (QED) is 0.667. The predicted octanol–water partition coefficient (Wildman–Crippen LogP) is 2.70. The predicted molar refractivity (Wildman–Crippen MR) is 79.3 cm³/mol. The molecule has 0 atom stereocenters. The van der Waals surface area contributed by atoms with E-state index < -0.39 is 0 Å². The molecule has 2 aromatic carbocycles. The first-order valence-corrected chi connectivity index (χ1v) is 6.35. The van der Waals surface area contributed by atoms with E-state index in [1.54, 1.807) is 30.3 Å². The molecule has 100 valence electrons. The van der Waals surface area contributed by atoms with Crippen LogP contribution in [-0.2, 0) is 4.79 Å². The zero-order chi connectivity index (χ0) is 14.2. The molecule has 0 aliphatic rings. The van der Waals surface area contributed by atoms with Crippen LogP contribution in [-0.4, -0.2) is 18.2 Å². The highest BCUT2D eigenvalue weighted by Gasteiger charge is 2.05. The Balaban J connectivity index is 1.84. The fraction of sp³-hybridized carbons (Fsp3) is 0.0588. The molecule has 0 radical (unpaired) electrons. The van der Waals surface area contributed by atoms with Gasteiger partial charge in [0.05, 0.1) is 6.54 Å². The zero-order valence-corrected chi connectivity index (χ0v) is 11.0. The highest BCUT2D eigenvalue weighted by molar-refractivity contribution is 6.01. The molecular formula is C17H15NO2. The number of Topliss-reactive ketones (excluding diaryl/α,β-unsaturated/α-hetero) is 1. The molecule has 20 heavy (non-hydrogen) atoms. The summed E-state index contributed by atoms with van der Waals surface area (Å²) in [5, 5.41) is 2.58. The highest BCUT2D eigenvalue weighted by Crippen LogP contribution is 2.01. The minimum absolute atomic E-state index is 0.00196. The Morgan fingerprint density at radius 1 is 0.900 bits per heavy atom. The van der Waals surface area contributed by atoms with Crippen molar-refractivity contribution in [2.75, 3.05) is 6.54 Å². The highest BCUT2D eigenvalue weighted by atomic mass is 16.2. The van der Waals surface area contributed by atoms with Gasteiger partial charge in [-0.3, -0.25) is 9.59 Å². The maximum Gasteiger partial charge on any atom is 0.244 e. The molecule has 1 N–H and O–H groups in total. The lowest BCUT2D eigenvalue weighted by molar-refractivity contribution is -0.116. The summed E-state index contributed by atoms with van der Waals surface area (Å²) in [6.45, 7) is 0.00196. The van der Waals surface area contributed by atoms with Gasteiger partial charge in [-0.25, -0.2) is 0 Å². The fourth-order valence-electron chi connectivity index (χ4n) is 1.69. The van der Waals surface area contributed by atoms with Crippen molar-refractivity contribution in [2.45, 2.75) is 0 Å². The van der Waals surface area contributed by atoms with Crippen molar-refractivity contribution in [3.8, 4) is 0 Å². The molecule has 3 heteroatoms. The van der Waals surface area contributed by atoms with Crippen molar-refractivity contribution in [1.29, 1.82) is 0 Å². The molecule has 2 rings (SSSR count). The first-order chi connectivity index (χ1) is 9.75. The minimum Gasteiger partial charge on any atom is -0.345 e. The molecule has 0 heterocycles. The van der Waals surface area contributed by atoms with Crippen LogP contribution in [0.3, 0.4) is 0 Å². The van der Waals surface area contributed by atoms with Crippen LogP contribution >= 0.6 is 0 Å². The zero-order valence-electron chi connectivity index (χ0n) is 11.0. The Hall–Kier alpha value is -2.68. The van der Waals surface area contributed by atoms with Gasteiger partial charge >= 0.3 is 0 Å². The smallest absolute Gasteiger partial charge is 0.244 e. The average Bonchev–Trinajstić information content (AvgIpc) is 2.52. The van der Waals surface area contributed by atoms with E-state index in [2.05, 4.69) is 5.32 Å². The van der Waals surface area contributed by atoms with E-state index in [-0.39, 0.29) is 18.2 Å². The van der Waals surface area contributed by atoms with Gasteiger partial charge in [-0.15, -0.1) is 0 Å². The van der Waals surface area contributed by atoms with Crippen molar-refractivity contribution < 1.29 is 9.59 Å². The van der Waals surface area contributed by atoms with Crippen LogP contribution in [0.2, 0.25) is 0 Å². The Kier molecular flexibility index (Phi) is 4.84. The lowest BCUT2D eigenvalue weighted by atomic mass is 10.1. The maximum atomic E-state index is 11.8. The van der Waals surface area contributed by atoms with E-state index in [0.717, 1.165) is 5.56 Å². The largest absolute Gasteiger partial charge is 0.345 e. The number of benzene rings is 2. The van der Waals surface area contributed by atoms with Crippen molar-refractivity contribution in [1.82, 2.24) is 5.32 Å². The summed E-state index contributed by atoms with van der Waals surface area (Å²) in [6, 6.07) is 18.4. The SMILES string of the molecule is O=C(C=Cc1ccccc1)NCC(=O)c1ccccc1. The van der Waals surface area contributed by atoms with Gasteiger partial charge < -0.3 is 5.32 Å². The van der Waals surface area contributed by atoms with E-state index in [4.69, 9.17) is 0 Å². The van der Waals surface area contributed by atoms with Gasteiger partial charge in [0.2, 0.25) is 5.91 Å². The number of nitrogens with one attached hydrogen (secondary N) is 1. The fourth-order valence-corrected chi connectivity index (χ4v) is 1.69. The minimum atomic E-state index is -0.280. The van der Waals surface area contributed by atoms with Gasteiger partial charge in [-0.2, -0.15) is 0 Å². The standard InChI is InChI=1S/C17H15NO2/c19-16(15-9-5-2-6-10-15)13-18-17(20)12-11-14-7-3-1-4-8-14/h1-12H,13H2,(H,18,20). The number of hydrogen-bond acceptors (Lipinski definition) is 2. The summed E-state index contributed by atoms with van der Waals surface area (Å²) < 4.78 is 0. The van der Waals surface area contributed by atoms with Crippen molar-refractivity contribution in [3.63, 3.8) is 0 Å². The Bertz CT molecular complexity index is 603. The summed E-state index contributed by atoms with van der Waals surface area (Å²) in [7, 11) is 0. The van der Waals surface area contributed by atoms with Crippen LogP contribution in [0.4, 0.5) is 0 Å². The number of carbonyl (C=O) groups is 2. The molecule has 0 unspecified atom stereocenters. The van der Waals surface area contributed by atoms with Gasteiger partial charge in [-0.05, 0) is 11.6 Å². The number of amides is 1. The molecule has 0 bridgehead atoms. The molecule has 3 nitrogen and oxygen atoms in total. The summed E-state index contributed by atoms with van der Waals surface area (Å²) in [6.07, 6.45) is 3.13. The summed E-state index contributed by atoms with van der Waals surface area (Å²) in [5.74, 6) is -0.384. The molecule has 2 aromatic rings. The van der Waals surface area contributed by atoms with E-state index in [1.165, 1.54) is 6.08 Å². The van der Waals surface area contributed by atoms with E-state index in [1.807, 2.05) is 36.4 Å². The lowest BCUT2D eigenvalue weighted by Crippen LogP contribution is -2.27. The first-order valence-electron chi connectivity index (χ1n) is 6.35. The molecular weight excluding hydrogens is 250 g/mol. The van der Waals surface area contributed by atoms with Crippen molar-refractivity contribution in [2.24, 2.45) is 0 Å². The Labute approximate surface area is 117 Å². The van der Waals surface area contributed by atoms with Crippen LogP contribution in [0.15, 0.2) is 66.7 Å². The Morgan fingerprint density at radius 3 is 2.15 bits per heavy atom. The van der Waals surface area contributed by atoms with Crippen LogP contribution in [0.25, 0.3) is 6.08 Å². The molecule has 1 amide bonds. The van der Waals surface area contributed by atoms with Gasteiger partial charge in [0.15, 0.2) is 5.78 Å². The molecule has 0 aliphatic heterocycles. The molecule has 0 fully saturated rings. The monoisotopic (exact) mass is 265 g/mol. The van der Waals surface area contributed by atoms with Gasteiger partial charge in [0, 0.05) is 11.6 Å². The van der Waals surface area contributed by atoms with Gasteiger partial charge in [-0.1, -0.05) is 60.7 Å². The van der Waals surface area contributed by atoms with Crippen LogP contribution < -0.4 is 5.32 Å². The molecule has 0 saturated carbocycles. The lowest BCUT2D eigenvalue weighted by Gasteiger charge is -2.01. The Morgan fingerprint density at radius 2 is 1.50 bits per heavy atom. The number of hydrogen-bond donors (Lipinski definition) is 1. The van der Waals surface area contributed by atoms with Crippen molar-refractivity contribution in [3.05, 3.63) is 77.9 Å². The maximum absolute atomic E-state index is 11.8. The van der Waals surface area contributed by atoms with Gasteiger partial charge in [0.1, 0.15) is 0 Å². The third-order valence-electron chi connectivity index (χ3n) is 2.75. The normalized spacial score (nSPS) is 10.4. The second-order valence-corrected chi connectivity index (χ2v) is 4.25. The van der Waals surface area contributed by atoms with Crippen LogP contribution in [0, 0.1) is 0 Å². The third kappa shape index (κ3) is 4.21. The second-order valence-electron chi connectivity index (χ2n) is 4.25. The van der Waals surface area contributed by atoms with E-state index in [9.17, 15) is 9.59 Å². The molecule has 0 spiro atoms. The van der Waals surface area contributed by atoms with Crippen molar-refractivity contribution >= 4 is 17.8 Å². The molecule has 0 aliphatic carbocycles. The van der Waals surface area contributed by atoms with Crippen LogP contribution in [0.5, 0.6) is 0 Å². The summed E-state index contributed by atoms with van der Waals surface area (Å²) in [4.78, 5) is 23.4. The molecule has 0 aromatic heterocycles. The van der Waals surface area contributed by atoms with E-state index in [0.29, 0.717) is 5.56 Å². The topological polar surface area (TPSA) is 46.2 Å². The number of rotatable bonds is 5. The van der Waals surface area contributed by atoms with E-state index >= 15 is 0 Å². The summed E-state index contributed by atoms with van der Waals surface area (Å²) >= 11 is 0. The van der Waals surface area contributed by atoms with Crippen LogP contribution in [0.1, 0.15) is 15.9 Å². The first kappa shape index (κ1) is 13.7. The average molecular weight is 265 g/mol. The number of ketones is 1.